The zero-order valence-electron chi connectivity index (χ0n) is 20.2. The van der Waals surface area contributed by atoms with Gasteiger partial charge in [-0.2, -0.15) is 0 Å². The Morgan fingerprint density at radius 3 is 2.91 bits per heavy atom. The van der Waals surface area contributed by atoms with Gasteiger partial charge in [0.25, 0.3) is 0 Å². The van der Waals surface area contributed by atoms with Crippen molar-refractivity contribution in [2.75, 3.05) is 20.2 Å². The fraction of sp³-hybridized carbons (Fsp3) is 0.607. The molecule has 5 heteroatoms. The van der Waals surface area contributed by atoms with Gasteiger partial charge in [-0.3, -0.25) is 4.79 Å². The average molecular weight is 456 g/mol. The monoisotopic (exact) mass is 455 g/mol. The summed E-state index contributed by atoms with van der Waals surface area (Å²) in [5.74, 6) is 0.908. The molecule has 0 aromatic heterocycles. The molecule has 182 valence electrons. The molecule has 3 rings (SSSR count). The highest BCUT2D eigenvalue weighted by molar-refractivity contribution is 5.69. The number of hydrogen-bond donors (Lipinski definition) is 3. The lowest BCUT2D eigenvalue weighted by molar-refractivity contribution is -0.140. The molecule has 1 saturated carbocycles. The molecule has 33 heavy (non-hydrogen) atoms. The van der Waals surface area contributed by atoms with Crippen LogP contribution in [0.2, 0.25) is 0 Å². The third-order valence-electron chi connectivity index (χ3n) is 7.12. The number of benzene rings is 1. The predicted octanol–water partition coefficient (Wildman–Crippen LogP) is 4.11. The molecular formula is C28H41NO4. The van der Waals surface area contributed by atoms with Crippen molar-refractivity contribution in [2.45, 2.75) is 70.5 Å². The molecule has 0 radical (unpaired) electrons. The molecule has 1 aromatic rings. The maximum absolute atomic E-state index is 11.1. The minimum Gasteiger partial charge on any atom is -0.469 e. The molecule has 0 amide bonds. The first-order chi connectivity index (χ1) is 16.0. The number of fused-ring (bicyclic) bond motifs is 1. The van der Waals surface area contributed by atoms with Crippen molar-refractivity contribution in [1.82, 2.24) is 5.32 Å². The van der Waals surface area contributed by atoms with E-state index >= 15 is 0 Å². The van der Waals surface area contributed by atoms with Crippen LogP contribution in [0.4, 0.5) is 0 Å². The lowest BCUT2D eigenvalue weighted by Crippen LogP contribution is -2.19. The number of allylic oxidation sites excluding steroid dienone is 2. The smallest absolute Gasteiger partial charge is 0.306 e. The fourth-order valence-corrected chi connectivity index (χ4v) is 5.39. The molecule has 3 N–H and O–H groups in total. The van der Waals surface area contributed by atoms with E-state index in [1.807, 2.05) is 12.1 Å². The summed E-state index contributed by atoms with van der Waals surface area (Å²) in [4.78, 5) is 11.1. The van der Waals surface area contributed by atoms with Gasteiger partial charge in [-0.05, 0) is 63.0 Å². The lowest BCUT2D eigenvalue weighted by atomic mass is 9.88. The quantitative estimate of drug-likeness (QED) is 0.237. The zero-order valence-corrected chi connectivity index (χ0v) is 20.2. The van der Waals surface area contributed by atoms with E-state index in [4.69, 9.17) is 0 Å². The topological polar surface area (TPSA) is 78.8 Å². The number of carbonyl (C=O) groups excluding carboxylic acids is 1. The van der Waals surface area contributed by atoms with Crippen LogP contribution in [0.3, 0.4) is 0 Å². The summed E-state index contributed by atoms with van der Waals surface area (Å²) in [5, 5.41) is 24.4. The molecule has 0 unspecified atom stereocenters. The highest BCUT2D eigenvalue weighted by Gasteiger charge is 2.43. The third kappa shape index (κ3) is 8.09. The van der Waals surface area contributed by atoms with E-state index in [-0.39, 0.29) is 18.0 Å². The first-order valence-corrected chi connectivity index (χ1v) is 12.5. The van der Waals surface area contributed by atoms with Gasteiger partial charge in [0.15, 0.2) is 0 Å². The fourth-order valence-electron chi connectivity index (χ4n) is 5.39. The molecule has 0 aliphatic heterocycles. The molecule has 2 aliphatic carbocycles. The highest BCUT2D eigenvalue weighted by Crippen LogP contribution is 2.48. The van der Waals surface area contributed by atoms with Crippen molar-refractivity contribution >= 4 is 5.97 Å². The number of carbonyl (C=O) groups is 1. The number of unbranched alkanes of at least 4 members (excludes halogenated alkanes) is 2. The number of aliphatic hydroxyl groups excluding tert-OH is 2. The largest absolute Gasteiger partial charge is 0.469 e. The number of methoxy groups -OCH3 is 1. The Bertz CT molecular complexity index is 818. The molecule has 1 aromatic carbocycles. The lowest BCUT2D eigenvalue weighted by Gasteiger charge is -2.19. The number of hydrogen-bond acceptors (Lipinski definition) is 5. The van der Waals surface area contributed by atoms with Crippen molar-refractivity contribution in [3.8, 4) is 0 Å². The summed E-state index contributed by atoms with van der Waals surface area (Å²) in [6.07, 6.45) is 13.1. The molecule has 0 spiro atoms. The molecule has 0 heterocycles. The minimum absolute atomic E-state index is 0.134. The normalized spacial score (nSPS) is 25.3. The number of esters is 1. The van der Waals surface area contributed by atoms with Crippen LogP contribution in [0, 0.1) is 24.7 Å². The summed E-state index contributed by atoms with van der Waals surface area (Å²) in [5.41, 5.74) is 3.88. The Balaban J connectivity index is 1.35. The molecular weight excluding hydrogens is 414 g/mol. The molecule has 5 nitrogen and oxygen atoms in total. The van der Waals surface area contributed by atoms with Crippen LogP contribution in [0.5, 0.6) is 0 Å². The van der Waals surface area contributed by atoms with Gasteiger partial charge in [0.2, 0.25) is 0 Å². The first kappa shape index (κ1) is 25.7. The van der Waals surface area contributed by atoms with Crippen molar-refractivity contribution in [3.63, 3.8) is 0 Å². The van der Waals surface area contributed by atoms with Gasteiger partial charge < -0.3 is 20.3 Å². The van der Waals surface area contributed by atoms with Crippen LogP contribution in [-0.2, 0) is 16.0 Å². The molecule has 0 bridgehead atoms. The Kier molecular flexibility index (Phi) is 10.2. The van der Waals surface area contributed by atoms with E-state index in [0.717, 1.165) is 37.8 Å². The SMILES string of the molecule is COC(=O)CCNCCCCCC1=C[C@H]2C[C@@H](O)[C@H](/C=C/[C@@H](O)Cc3cccc(C)c3)[C@H]2C1. The Hall–Kier alpha value is -1.95. The van der Waals surface area contributed by atoms with Crippen LogP contribution in [0.25, 0.3) is 0 Å². The molecule has 5 atom stereocenters. The van der Waals surface area contributed by atoms with Gasteiger partial charge in [0.1, 0.15) is 0 Å². The number of aryl methyl sites for hydroxylation is 1. The summed E-state index contributed by atoms with van der Waals surface area (Å²) >= 11 is 0. The maximum Gasteiger partial charge on any atom is 0.306 e. The summed E-state index contributed by atoms with van der Waals surface area (Å²) in [6.45, 7) is 3.68. The molecule has 1 fully saturated rings. The van der Waals surface area contributed by atoms with E-state index in [1.54, 1.807) is 0 Å². The second kappa shape index (κ2) is 13.1. The number of nitrogens with one attached hydrogen (secondary N) is 1. The molecule has 0 saturated heterocycles. The Morgan fingerprint density at radius 2 is 2.12 bits per heavy atom. The van der Waals surface area contributed by atoms with E-state index in [0.29, 0.717) is 31.2 Å². The van der Waals surface area contributed by atoms with Gasteiger partial charge >= 0.3 is 5.97 Å². The number of aliphatic hydroxyl groups is 2. The predicted molar refractivity (Wildman–Crippen MR) is 132 cm³/mol. The van der Waals surface area contributed by atoms with E-state index in [2.05, 4.69) is 47.3 Å². The van der Waals surface area contributed by atoms with Crippen LogP contribution in [-0.4, -0.2) is 48.6 Å². The minimum atomic E-state index is -0.520. The van der Waals surface area contributed by atoms with Crippen molar-refractivity contribution in [2.24, 2.45) is 17.8 Å². The maximum atomic E-state index is 11.1. The first-order valence-electron chi connectivity index (χ1n) is 12.5. The molecule has 2 aliphatic rings. The number of ether oxygens (including phenoxy) is 1. The van der Waals surface area contributed by atoms with E-state index in [1.165, 1.54) is 31.1 Å². The van der Waals surface area contributed by atoms with Crippen molar-refractivity contribution < 1.29 is 19.7 Å². The second-order valence-corrected chi connectivity index (χ2v) is 9.77. The Labute approximate surface area is 198 Å². The van der Waals surface area contributed by atoms with Crippen LogP contribution < -0.4 is 5.32 Å². The number of rotatable bonds is 13. The van der Waals surface area contributed by atoms with Gasteiger partial charge in [-0.1, -0.05) is 60.1 Å². The van der Waals surface area contributed by atoms with Crippen molar-refractivity contribution in [1.29, 1.82) is 0 Å². The average Bonchev–Trinajstić information content (AvgIpc) is 3.30. The van der Waals surface area contributed by atoms with Gasteiger partial charge in [-0.25, -0.2) is 0 Å². The summed E-state index contributed by atoms with van der Waals surface area (Å²) < 4.78 is 4.64. The second-order valence-electron chi connectivity index (χ2n) is 9.77. The Morgan fingerprint density at radius 1 is 1.27 bits per heavy atom. The highest BCUT2D eigenvalue weighted by atomic mass is 16.5. The zero-order chi connectivity index (χ0) is 23.6. The van der Waals surface area contributed by atoms with E-state index in [9.17, 15) is 15.0 Å². The van der Waals surface area contributed by atoms with Crippen LogP contribution in [0.15, 0.2) is 48.1 Å². The van der Waals surface area contributed by atoms with Gasteiger partial charge in [0.05, 0.1) is 25.7 Å². The standard InChI is InChI=1S/C28H41NO4/c1-20-7-6-9-21(15-20)17-24(30)10-11-25-26-18-22(16-23(26)19-27(25)31)8-4-3-5-13-29-14-12-28(32)33-2/h6-7,9-11,15-16,23-27,29-31H,3-5,8,12-14,17-19H2,1-2H3/b11-10+/t23-,24+,25+,26-,27+/m0/s1. The van der Waals surface area contributed by atoms with E-state index < -0.39 is 6.10 Å². The van der Waals surface area contributed by atoms with Gasteiger partial charge in [0, 0.05) is 18.9 Å². The summed E-state index contributed by atoms with van der Waals surface area (Å²) in [6, 6.07) is 8.26. The third-order valence-corrected chi connectivity index (χ3v) is 7.12. The van der Waals surface area contributed by atoms with Gasteiger partial charge in [-0.15, -0.1) is 0 Å². The van der Waals surface area contributed by atoms with Crippen LogP contribution in [0.1, 0.15) is 56.1 Å². The summed E-state index contributed by atoms with van der Waals surface area (Å²) in [7, 11) is 1.42. The van der Waals surface area contributed by atoms with Crippen LogP contribution >= 0.6 is 0 Å². The van der Waals surface area contributed by atoms with Crippen molar-refractivity contribution in [3.05, 3.63) is 59.2 Å².